The van der Waals surface area contributed by atoms with Crippen LogP contribution >= 0.6 is 0 Å². The maximum absolute atomic E-state index is 5.52. The van der Waals surface area contributed by atoms with Crippen molar-refractivity contribution in [2.75, 3.05) is 0 Å². The molecule has 0 spiro atoms. The van der Waals surface area contributed by atoms with E-state index in [2.05, 4.69) is 38.8 Å². The molecule has 0 heterocycles. The maximum atomic E-state index is 5.52. The molecule has 0 amide bonds. The van der Waals surface area contributed by atoms with Gasteiger partial charge in [-0.1, -0.05) is 31.2 Å². The molecule has 0 aromatic heterocycles. The van der Waals surface area contributed by atoms with E-state index in [0.29, 0.717) is 5.70 Å². The lowest BCUT2D eigenvalue weighted by Gasteiger charge is -2.00. The molecule has 0 saturated carbocycles. The summed E-state index contributed by atoms with van der Waals surface area (Å²) in [5.74, 6) is 0. The minimum absolute atomic E-state index is 0.708. The highest BCUT2D eigenvalue weighted by Gasteiger charge is 2.06. The van der Waals surface area contributed by atoms with Gasteiger partial charge in [0, 0.05) is 5.70 Å². The summed E-state index contributed by atoms with van der Waals surface area (Å²) in [6, 6.07) is 0. The van der Waals surface area contributed by atoms with E-state index < -0.39 is 0 Å². The third-order valence-corrected chi connectivity index (χ3v) is 1.80. The number of hydrogen-bond acceptors (Lipinski definition) is 1. The molecule has 0 bridgehead atoms. The third kappa shape index (κ3) is 2.79. The van der Waals surface area contributed by atoms with Crippen LogP contribution in [-0.4, -0.2) is 0 Å². The highest BCUT2D eigenvalue weighted by molar-refractivity contribution is 5.40. The van der Waals surface area contributed by atoms with Gasteiger partial charge in [-0.2, -0.15) is 0 Å². The monoisotopic (exact) mass is 163 g/mol. The van der Waals surface area contributed by atoms with Gasteiger partial charge in [-0.3, -0.25) is 0 Å². The fourth-order valence-corrected chi connectivity index (χ4v) is 1.04. The smallest absolute Gasteiger partial charge is 0.0276 e. The first kappa shape index (κ1) is 10.8. The summed E-state index contributed by atoms with van der Waals surface area (Å²) < 4.78 is 0. The van der Waals surface area contributed by atoms with Gasteiger partial charge in [-0.05, 0) is 18.4 Å². The average Bonchev–Trinajstić information content (AvgIpc) is 2.55. The van der Waals surface area contributed by atoms with Crippen LogP contribution in [0.2, 0.25) is 0 Å². The van der Waals surface area contributed by atoms with Crippen molar-refractivity contribution in [3.8, 4) is 0 Å². The summed E-state index contributed by atoms with van der Waals surface area (Å²) >= 11 is 0. The molecule has 0 atom stereocenters. The van der Waals surface area contributed by atoms with E-state index in [0.717, 1.165) is 12.8 Å². The lowest BCUT2D eigenvalue weighted by Crippen LogP contribution is -1.97. The summed E-state index contributed by atoms with van der Waals surface area (Å²) in [6.45, 7) is 11.8. The Bertz CT molecular complexity index is 221. The Morgan fingerprint density at radius 3 is 2.33 bits per heavy atom. The lowest BCUT2D eigenvalue weighted by atomic mass is 10.1. The lowest BCUT2D eigenvalue weighted by molar-refractivity contribution is 1.02. The summed E-state index contributed by atoms with van der Waals surface area (Å²) in [6.07, 6.45) is 6.31. The second kappa shape index (κ2) is 5.42. The number of rotatable bonds is 2. The van der Waals surface area contributed by atoms with Gasteiger partial charge in [0.1, 0.15) is 0 Å². The van der Waals surface area contributed by atoms with Gasteiger partial charge in [-0.25, -0.2) is 0 Å². The highest BCUT2D eigenvalue weighted by atomic mass is 14.6. The zero-order valence-corrected chi connectivity index (χ0v) is 7.77. The molecule has 1 heteroatoms. The van der Waals surface area contributed by atoms with E-state index in [1.165, 1.54) is 11.1 Å². The summed E-state index contributed by atoms with van der Waals surface area (Å²) in [4.78, 5) is 0. The van der Waals surface area contributed by atoms with Gasteiger partial charge in [0.2, 0.25) is 0 Å². The number of nitrogens with two attached hydrogens (primary N) is 1. The Balaban J connectivity index is 0.000000561. The van der Waals surface area contributed by atoms with Crippen LogP contribution in [0, 0.1) is 0 Å². The molecule has 1 aliphatic carbocycles. The summed E-state index contributed by atoms with van der Waals surface area (Å²) in [7, 11) is 0. The molecule has 0 aromatic carbocycles. The molecule has 0 radical (unpaired) electrons. The normalized spacial score (nSPS) is 14.1. The summed E-state index contributed by atoms with van der Waals surface area (Å²) in [5.41, 5.74) is 8.85. The van der Waals surface area contributed by atoms with Crippen molar-refractivity contribution in [1.82, 2.24) is 0 Å². The molecule has 1 nitrogen and oxygen atoms in total. The molecule has 0 aromatic rings. The van der Waals surface area contributed by atoms with E-state index in [1.807, 2.05) is 0 Å². The molecular formula is C11H17N. The van der Waals surface area contributed by atoms with Crippen LogP contribution in [-0.2, 0) is 0 Å². The Kier molecular flexibility index (Phi) is 4.86. The molecule has 66 valence electrons. The fourth-order valence-electron chi connectivity index (χ4n) is 1.04. The highest BCUT2D eigenvalue weighted by Crippen LogP contribution is 2.23. The van der Waals surface area contributed by atoms with Crippen LogP contribution < -0.4 is 5.73 Å². The van der Waals surface area contributed by atoms with Gasteiger partial charge in [-0.15, -0.1) is 13.2 Å². The molecule has 0 fully saturated rings. The molecule has 1 rings (SSSR count). The molecule has 12 heavy (non-hydrogen) atoms. The van der Waals surface area contributed by atoms with Crippen LogP contribution in [0.1, 0.15) is 19.8 Å². The zero-order valence-electron chi connectivity index (χ0n) is 7.77. The molecule has 1 aliphatic rings. The van der Waals surface area contributed by atoms with E-state index in [4.69, 9.17) is 5.73 Å². The Hall–Kier alpha value is -1.24. The second-order valence-corrected chi connectivity index (χ2v) is 2.57. The fraction of sp³-hybridized carbons (Fsp3) is 0.273. The molecular weight excluding hydrogens is 146 g/mol. The van der Waals surface area contributed by atoms with Crippen molar-refractivity contribution in [2.45, 2.75) is 19.8 Å². The van der Waals surface area contributed by atoms with Crippen LogP contribution in [0.3, 0.4) is 0 Å². The molecule has 0 unspecified atom stereocenters. The van der Waals surface area contributed by atoms with Crippen molar-refractivity contribution in [2.24, 2.45) is 5.73 Å². The largest absolute Gasteiger partial charge is 0.399 e. The third-order valence-electron chi connectivity index (χ3n) is 1.80. The van der Waals surface area contributed by atoms with E-state index in [-0.39, 0.29) is 0 Å². The van der Waals surface area contributed by atoms with Crippen LogP contribution in [0.25, 0.3) is 0 Å². The van der Waals surface area contributed by atoms with Crippen molar-refractivity contribution in [1.29, 1.82) is 0 Å². The first-order valence-corrected chi connectivity index (χ1v) is 4.07. The van der Waals surface area contributed by atoms with Gasteiger partial charge in [0.25, 0.3) is 0 Å². The van der Waals surface area contributed by atoms with Gasteiger partial charge in [0.15, 0.2) is 0 Å². The van der Waals surface area contributed by atoms with E-state index in [9.17, 15) is 0 Å². The summed E-state index contributed by atoms with van der Waals surface area (Å²) in [5, 5.41) is 0. The van der Waals surface area contributed by atoms with Gasteiger partial charge >= 0.3 is 0 Å². The Morgan fingerprint density at radius 1 is 1.50 bits per heavy atom. The topological polar surface area (TPSA) is 26.0 Å². The Morgan fingerprint density at radius 2 is 2.08 bits per heavy atom. The average molecular weight is 163 g/mol. The number of hydrogen-bond donors (Lipinski definition) is 1. The molecule has 2 N–H and O–H groups in total. The van der Waals surface area contributed by atoms with Crippen LogP contribution in [0.4, 0.5) is 0 Å². The van der Waals surface area contributed by atoms with E-state index >= 15 is 0 Å². The van der Waals surface area contributed by atoms with Crippen LogP contribution in [0.5, 0.6) is 0 Å². The zero-order chi connectivity index (χ0) is 9.56. The first-order chi connectivity index (χ1) is 5.74. The predicted molar refractivity (Wildman–Crippen MR) is 55.7 cm³/mol. The Labute approximate surface area is 75.0 Å². The predicted octanol–water partition coefficient (Wildman–Crippen LogP) is 2.93. The van der Waals surface area contributed by atoms with Crippen molar-refractivity contribution in [3.63, 3.8) is 0 Å². The van der Waals surface area contributed by atoms with E-state index in [1.54, 1.807) is 0 Å². The SMILES string of the molecule is C=C.C=C(N)C1=CC=C(CC)C1. The second-order valence-electron chi connectivity index (χ2n) is 2.57. The minimum Gasteiger partial charge on any atom is -0.399 e. The van der Waals surface area contributed by atoms with Gasteiger partial charge in [0.05, 0.1) is 0 Å². The standard InChI is InChI=1S/C9H13N.C2H4/c1-3-8-4-5-9(6-8)7(2)10;1-2/h4-5H,2-3,6,10H2,1H3;1-2H2. The van der Waals surface area contributed by atoms with Crippen LogP contribution in [0.15, 0.2) is 48.7 Å². The molecule has 0 aliphatic heterocycles. The van der Waals surface area contributed by atoms with Crippen molar-refractivity contribution >= 4 is 0 Å². The van der Waals surface area contributed by atoms with Crippen molar-refractivity contribution < 1.29 is 0 Å². The van der Waals surface area contributed by atoms with Gasteiger partial charge < -0.3 is 5.73 Å². The quantitative estimate of drug-likeness (QED) is 0.622. The van der Waals surface area contributed by atoms with Crippen molar-refractivity contribution in [3.05, 3.63) is 48.7 Å². The number of allylic oxidation sites excluding steroid dienone is 4. The minimum atomic E-state index is 0.708. The maximum Gasteiger partial charge on any atom is 0.0276 e. The molecule has 0 saturated heterocycles. The first-order valence-electron chi connectivity index (χ1n) is 4.07.